The lowest BCUT2D eigenvalue weighted by Gasteiger charge is -2.05. The van der Waals surface area contributed by atoms with Crippen LogP contribution in [-0.4, -0.2) is 30.8 Å². The fourth-order valence-corrected chi connectivity index (χ4v) is 4.05. The number of non-ortho nitro benzene ring substituents is 1. The summed E-state index contributed by atoms with van der Waals surface area (Å²) in [6.45, 7) is 2.12. The van der Waals surface area contributed by atoms with Crippen LogP contribution in [0.2, 0.25) is 0 Å². The number of hydrogen-bond donors (Lipinski definition) is 1. The van der Waals surface area contributed by atoms with Gasteiger partial charge in [-0.1, -0.05) is 30.0 Å². The number of rotatable bonds is 7. The average molecular weight is 361 g/mol. The molecule has 0 aliphatic heterocycles. The third-order valence-corrected chi connectivity index (χ3v) is 5.54. The first-order valence-electron chi connectivity index (χ1n) is 7.39. The normalized spacial score (nSPS) is 10.9. The molecule has 0 saturated carbocycles. The van der Waals surface area contributed by atoms with E-state index < -0.39 is 4.92 Å². The van der Waals surface area contributed by atoms with Crippen LogP contribution in [0.3, 0.4) is 0 Å². The second kappa shape index (κ2) is 7.54. The van der Waals surface area contributed by atoms with Crippen molar-refractivity contribution < 1.29 is 4.92 Å². The van der Waals surface area contributed by atoms with Crippen molar-refractivity contribution in [2.75, 3.05) is 5.75 Å². The smallest absolute Gasteiger partial charge is 0.269 e. The molecule has 0 bridgehead atoms. The van der Waals surface area contributed by atoms with E-state index in [1.165, 1.54) is 17.4 Å². The summed E-state index contributed by atoms with van der Waals surface area (Å²) in [5, 5.41) is 20.3. The summed E-state index contributed by atoms with van der Waals surface area (Å²) in [6.07, 6.45) is 4.95. The number of nitrogens with one attached hydrogen (secondary N) is 1. The van der Waals surface area contributed by atoms with Crippen LogP contribution in [0.4, 0.5) is 5.69 Å². The van der Waals surface area contributed by atoms with Crippen molar-refractivity contribution in [1.82, 2.24) is 20.2 Å². The van der Waals surface area contributed by atoms with Gasteiger partial charge >= 0.3 is 0 Å². The van der Waals surface area contributed by atoms with Crippen molar-refractivity contribution in [1.29, 1.82) is 0 Å². The van der Waals surface area contributed by atoms with E-state index in [9.17, 15) is 10.1 Å². The van der Waals surface area contributed by atoms with E-state index in [0.717, 1.165) is 32.6 Å². The molecule has 0 saturated heterocycles. The second-order valence-corrected chi connectivity index (χ2v) is 7.43. The van der Waals surface area contributed by atoms with E-state index in [4.69, 9.17) is 0 Å². The van der Waals surface area contributed by atoms with Gasteiger partial charge in [-0.05, 0) is 18.1 Å². The molecule has 0 radical (unpaired) electrons. The SMILES string of the molecule is CCCSc1nnc(Cc2cc([N+](=O)[O-])ccc2-c2ncc[nH]2)s1. The highest BCUT2D eigenvalue weighted by Gasteiger charge is 2.16. The molecule has 0 fully saturated rings. The van der Waals surface area contributed by atoms with Gasteiger partial charge in [-0.25, -0.2) is 4.98 Å². The summed E-state index contributed by atoms with van der Waals surface area (Å²) >= 11 is 3.21. The molecule has 0 spiro atoms. The Balaban J connectivity index is 1.91. The van der Waals surface area contributed by atoms with E-state index in [0.29, 0.717) is 12.2 Å². The third kappa shape index (κ3) is 3.80. The molecule has 1 aromatic carbocycles. The van der Waals surface area contributed by atoms with Gasteiger partial charge in [0.25, 0.3) is 5.69 Å². The summed E-state index contributed by atoms with van der Waals surface area (Å²) in [7, 11) is 0. The van der Waals surface area contributed by atoms with Gasteiger partial charge in [-0.2, -0.15) is 0 Å². The number of H-pyrrole nitrogens is 1. The van der Waals surface area contributed by atoms with Crippen molar-refractivity contribution in [3.05, 3.63) is 51.3 Å². The Kier molecular flexibility index (Phi) is 5.21. The molecule has 124 valence electrons. The predicted octanol–water partition coefficient (Wildman–Crippen LogP) is 3.93. The highest BCUT2D eigenvalue weighted by atomic mass is 32.2. The number of hydrogen-bond acceptors (Lipinski definition) is 7. The Morgan fingerprint density at radius 3 is 2.96 bits per heavy atom. The van der Waals surface area contributed by atoms with Gasteiger partial charge in [0.15, 0.2) is 4.34 Å². The highest BCUT2D eigenvalue weighted by molar-refractivity contribution is 8.01. The molecule has 24 heavy (non-hydrogen) atoms. The quantitative estimate of drug-likeness (QED) is 0.389. The van der Waals surface area contributed by atoms with Crippen LogP contribution in [0.5, 0.6) is 0 Å². The van der Waals surface area contributed by atoms with E-state index >= 15 is 0 Å². The Morgan fingerprint density at radius 1 is 1.38 bits per heavy atom. The molecule has 0 atom stereocenters. The number of thioether (sulfide) groups is 1. The molecule has 0 unspecified atom stereocenters. The lowest BCUT2D eigenvalue weighted by Crippen LogP contribution is -1.96. The van der Waals surface area contributed by atoms with Crippen LogP contribution in [0.25, 0.3) is 11.4 Å². The molecule has 2 heterocycles. The van der Waals surface area contributed by atoms with E-state index in [1.807, 2.05) is 0 Å². The largest absolute Gasteiger partial charge is 0.345 e. The molecule has 0 aliphatic rings. The molecule has 1 N–H and O–H groups in total. The first-order chi connectivity index (χ1) is 11.7. The van der Waals surface area contributed by atoms with Crippen molar-refractivity contribution in [3.8, 4) is 11.4 Å². The van der Waals surface area contributed by atoms with Gasteiger partial charge in [0.2, 0.25) is 0 Å². The number of nitrogens with zero attached hydrogens (tertiary/aromatic N) is 4. The number of imidazole rings is 1. The standard InChI is InChI=1S/C15H15N5O2S2/c1-2-7-23-15-19-18-13(24-15)9-10-8-11(20(21)22)3-4-12(10)14-16-5-6-17-14/h3-6,8H,2,7,9H2,1H3,(H,16,17). The minimum absolute atomic E-state index is 0.0606. The molecule has 3 rings (SSSR count). The zero-order valence-electron chi connectivity index (χ0n) is 12.9. The van der Waals surface area contributed by atoms with Gasteiger partial charge < -0.3 is 4.98 Å². The monoisotopic (exact) mass is 361 g/mol. The first kappa shape index (κ1) is 16.6. The summed E-state index contributed by atoms with van der Waals surface area (Å²) in [5.74, 6) is 1.69. The number of aromatic amines is 1. The van der Waals surface area contributed by atoms with Crippen molar-refractivity contribution in [3.63, 3.8) is 0 Å². The van der Waals surface area contributed by atoms with E-state index in [2.05, 4.69) is 27.1 Å². The van der Waals surface area contributed by atoms with Gasteiger partial charge in [0.05, 0.1) is 4.92 Å². The van der Waals surface area contributed by atoms with Crippen LogP contribution in [-0.2, 0) is 6.42 Å². The summed E-state index contributed by atoms with van der Waals surface area (Å²) in [4.78, 5) is 18.0. The van der Waals surface area contributed by atoms with Gasteiger partial charge in [0, 0.05) is 42.3 Å². The molecular formula is C15H15N5O2S2. The maximum absolute atomic E-state index is 11.1. The predicted molar refractivity (Wildman–Crippen MR) is 94.4 cm³/mol. The molecule has 9 heteroatoms. The lowest BCUT2D eigenvalue weighted by atomic mass is 10.0. The molecule has 0 amide bonds. The average Bonchev–Trinajstić information content (AvgIpc) is 3.24. The van der Waals surface area contributed by atoms with Crippen LogP contribution < -0.4 is 0 Å². The van der Waals surface area contributed by atoms with E-state index in [1.54, 1.807) is 36.3 Å². The Morgan fingerprint density at radius 2 is 2.25 bits per heavy atom. The van der Waals surface area contributed by atoms with Crippen LogP contribution in [0, 0.1) is 10.1 Å². The molecule has 7 nitrogen and oxygen atoms in total. The van der Waals surface area contributed by atoms with Crippen LogP contribution >= 0.6 is 23.1 Å². The molecule has 3 aromatic rings. The lowest BCUT2D eigenvalue weighted by molar-refractivity contribution is -0.384. The van der Waals surface area contributed by atoms with Gasteiger partial charge in [0.1, 0.15) is 10.8 Å². The second-order valence-electron chi connectivity index (χ2n) is 5.02. The van der Waals surface area contributed by atoms with Crippen molar-refractivity contribution in [2.45, 2.75) is 24.1 Å². The summed E-state index contributed by atoms with van der Waals surface area (Å²) < 4.78 is 0.928. The van der Waals surface area contributed by atoms with Crippen molar-refractivity contribution in [2.24, 2.45) is 0 Å². The number of nitro groups is 1. The van der Waals surface area contributed by atoms with Gasteiger partial charge in [-0.15, -0.1) is 10.2 Å². The van der Waals surface area contributed by atoms with E-state index in [-0.39, 0.29) is 5.69 Å². The highest BCUT2D eigenvalue weighted by Crippen LogP contribution is 2.29. The zero-order chi connectivity index (χ0) is 16.9. The molecule has 2 aromatic heterocycles. The Labute approximate surface area is 146 Å². The number of benzene rings is 1. The molecular weight excluding hydrogens is 346 g/mol. The van der Waals surface area contributed by atoms with Crippen LogP contribution in [0.15, 0.2) is 34.9 Å². The van der Waals surface area contributed by atoms with Gasteiger partial charge in [-0.3, -0.25) is 10.1 Å². The Bertz CT molecular complexity index is 832. The van der Waals surface area contributed by atoms with Crippen LogP contribution in [0.1, 0.15) is 23.9 Å². The maximum atomic E-state index is 11.1. The minimum Gasteiger partial charge on any atom is -0.345 e. The summed E-state index contributed by atoms with van der Waals surface area (Å²) in [5.41, 5.74) is 1.70. The van der Waals surface area contributed by atoms with Crippen molar-refractivity contribution >= 4 is 28.8 Å². The fraction of sp³-hybridized carbons (Fsp3) is 0.267. The fourth-order valence-electron chi connectivity index (χ4n) is 2.20. The Hall–Kier alpha value is -2.26. The summed E-state index contributed by atoms with van der Waals surface area (Å²) in [6, 6.07) is 4.79. The number of aromatic nitrogens is 4. The maximum Gasteiger partial charge on any atom is 0.269 e. The molecule has 0 aliphatic carbocycles. The number of nitro benzene ring substituents is 1. The topological polar surface area (TPSA) is 97.6 Å². The minimum atomic E-state index is -0.391. The first-order valence-corrected chi connectivity index (χ1v) is 9.20. The zero-order valence-corrected chi connectivity index (χ0v) is 14.6. The third-order valence-electron chi connectivity index (χ3n) is 3.27.